The van der Waals surface area contributed by atoms with Gasteiger partial charge in [-0.2, -0.15) is 0 Å². The lowest BCUT2D eigenvalue weighted by Crippen LogP contribution is -2.29. The van der Waals surface area contributed by atoms with Crippen LogP contribution in [0.5, 0.6) is 0 Å². The number of esters is 2. The van der Waals surface area contributed by atoms with Crippen molar-refractivity contribution in [3.05, 3.63) is 25.3 Å². The highest BCUT2D eigenvalue weighted by atomic mass is 16.6. The highest BCUT2D eigenvalue weighted by molar-refractivity contribution is 6.03. The van der Waals surface area contributed by atoms with Crippen LogP contribution in [-0.2, 0) is 19.1 Å². The molecule has 1 aliphatic carbocycles. The van der Waals surface area contributed by atoms with Gasteiger partial charge < -0.3 is 9.47 Å². The Hall–Kier alpha value is -1.58. The molecule has 1 rings (SSSR count). The van der Waals surface area contributed by atoms with Gasteiger partial charge in [-0.05, 0) is 12.8 Å². The van der Waals surface area contributed by atoms with Crippen molar-refractivity contribution in [2.45, 2.75) is 12.8 Å². The minimum atomic E-state index is -1.05. The van der Waals surface area contributed by atoms with Crippen LogP contribution in [0.25, 0.3) is 0 Å². The smallest absolute Gasteiger partial charge is 0.323 e. The van der Waals surface area contributed by atoms with E-state index in [1.807, 2.05) is 0 Å². The van der Waals surface area contributed by atoms with Crippen LogP contribution in [0, 0.1) is 5.41 Å². The van der Waals surface area contributed by atoms with Crippen LogP contribution in [0.15, 0.2) is 25.3 Å². The maximum absolute atomic E-state index is 11.5. The molecule has 0 unspecified atom stereocenters. The zero-order valence-electron chi connectivity index (χ0n) is 8.53. The summed E-state index contributed by atoms with van der Waals surface area (Å²) in [7, 11) is 0. The highest BCUT2D eigenvalue weighted by Crippen LogP contribution is 2.47. The van der Waals surface area contributed by atoms with Crippen LogP contribution in [0.2, 0.25) is 0 Å². The second-order valence-electron chi connectivity index (χ2n) is 3.36. The molecule has 0 atom stereocenters. The van der Waals surface area contributed by atoms with Crippen LogP contribution in [0.3, 0.4) is 0 Å². The molecule has 0 saturated heterocycles. The van der Waals surface area contributed by atoms with E-state index in [2.05, 4.69) is 13.2 Å². The van der Waals surface area contributed by atoms with Crippen LogP contribution >= 0.6 is 0 Å². The van der Waals surface area contributed by atoms with Crippen molar-refractivity contribution in [1.82, 2.24) is 0 Å². The number of hydrogen-bond donors (Lipinski definition) is 0. The molecule has 0 aromatic carbocycles. The monoisotopic (exact) mass is 210 g/mol. The van der Waals surface area contributed by atoms with E-state index >= 15 is 0 Å². The molecule has 0 bridgehead atoms. The van der Waals surface area contributed by atoms with Gasteiger partial charge in [0.05, 0.1) is 0 Å². The summed E-state index contributed by atoms with van der Waals surface area (Å²) in [4.78, 5) is 23.0. The Morgan fingerprint density at radius 2 is 1.47 bits per heavy atom. The van der Waals surface area contributed by atoms with Crippen molar-refractivity contribution in [2.75, 3.05) is 13.2 Å². The Balaban J connectivity index is 2.50. The van der Waals surface area contributed by atoms with Crippen molar-refractivity contribution in [3.8, 4) is 0 Å². The summed E-state index contributed by atoms with van der Waals surface area (Å²) in [6.07, 6.45) is 3.92. The second-order valence-corrected chi connectivity index (χ2v) is 3.36. The van der Waals surface area contributed by atoms with Gasteiger partial charge in [-0.15, -0.1) is 0 Å². The molecule has 0 aromatic rings. The van der Waals surface area contributed by atoms with Crippen molar-refractivity contribution in [1.29, 1.82) is 0 Å². The van der Waals surface area contributed by atoms with E-state index in [0.29, 0.717) is 12.8 Å². The topological polar surface area (TPSA) is 52.6 Å². The summed E-state index contributed by atoms with van der Waals surface area (Å²) in [6, 6.07) is 0. The lowest BCUT2D eigenvalue weighted by Gasteiger charge is -2.11. The first kappa shape index (κ1) is 11.5. The molecule has 0 radical (unpaired) electrons. The highest BCUT2D eigenvalue weighted by Gasteiger charge is 2.59. The largest absolute Gasteiger partial charge is 0.461 e. The van der Waals surface area contributed by atoms with Crippen molar-refractivity contribution < 1.29 is 19.1 Å². The van der Waals surface area contributed by atoms with Gasteiger partial charge >= 0.3 is 11.9 Å². The first-order valence-electron chi connectivity index (χ1n) is 4.73. The zero-order valence-corrected chi connectivity index (χ0v) is 8.53. The summed E-state index contributed by atoms with van der Waals surface area (Å²) in [5.41, 5.74) is -1.05. The molecule has 1 fully saturated rings. The molecule has 0 aromatic heterocycles. The van der Waals surface area contributed by atoms with Gasteiger partial charge in [0, 0.05) is 0 Å². The van der Waals surface area contributed by atoms with Gasteiger partial charge in [0.1, 0.15) is 13.2 Å². The third-order valence-electron chi connectivity index (χ3n) is 2.20. The van der Waals surface area contributed by atoms with Gasteiger partial charge in [-0.25, -0.2) is 0 Å². The van der Waals surface area contributed by atoms with Crippen LogP contribution in [0.1, 0.15) is 12.8 Å². The van der Waals surface area contributed by atoms with E-state index < -0.39 is 17.4 Å². The molecule has 82 valence electrons. The number of ether oxygens (including phenoxy) is 2. The summed E-state index contributed by atoms with van der Waals surface area (Å²) in [6.45, 7) is 7.09. The molecule has 4 heteroatoms. The number of carbonyl (C=O) groups excluding carboxylic acids is 2. The van der Waals surface area contributed by atoms with E-state index in [1.54, 1.807) is 0 Å². The lowest BCUT2D eigenvalue weighted by molar-refractivity contribution is -0.163. The molecule has 1 aliphatic rings. The zero-order chi connectivity index (χ0) is 11.3. The first-order chi connectivity index (χ1) is 7.17. The summed E-state index contributed by atoms with van der Waals surface area (Å²) >= 11 is 0. The average molecular weight is 210 g/mol. The van der Waals surface area contributed by atoms with Gasteiger partial charge in [0.15, 0.2) is 5.41 Å². The first-order valence-corrected chi connectivity index (χ1v) is 4.73. The Morgan fingerprint density at radius 1 is 1.07 bits per heavy atom. The van der Waals surface area contributed by atoms with Gasteiger partial charge in [0.2, 0.25) is 0 Å². The van der Waals surface area contributed by atoms with Crippen LogP contribution in [-0.4, -0.2) is 25.2 Å². The van der Waals surface area contributed by atoms with Crippen LogP contribution < -0.4 is 0 Å². The van der Waals surface area contributed by atoms with E-state index in [0.717, 1.165) is 0 Å². The fraction of sp³-hybridized carbons (Fsp3) is 0.455. The van der Waals surface area contributed by atoms with Gasteiger partial charge in [0.25, 0.3) is 0 Å². The summed E-state index contributed by atoms with van der Waals surface area (Å²) in [5, 5.41) is 0. The second kappa shape index (κ2) is 4.77. The van der Waals surface area contributed by atoms with Crippen LogP contribution in [0.4, 0.5) is 0 Å². The molecule has 0 heterocycles. The molecule has 1 saturated carbocycles. The summed E-state index contributed by atoms with van der Waals surface area (Å²) in [5.74, 6) is -1.03. The molecule has 0 spiro atoms. The van der Waals surface area contributed by atoms with Gasteiger partial charge in [-0.1, -0.05) is 25.3 Å². The predicted molar refractivity (Wildman–Crippen MR) is 54.0 cm³/mol. The number of hydrogen-bond acceptors (Lipinski definition) is 4. The number of carbonyl (C=O) groups is 2. The maximum atomic E-state index is 11.5. The molecule has 15 heavy (non-hydrogen) atoms. The Labute approximate surface area is 88.6 Å². The predicted octanol–water partition coefficient (Wildman–Crippen LogP) is 1.22. The fourth-order valence-electron chi connectivity index (χ4n) is 1.16. The van der Waals surface area contributed by atoms with Crippen molar-refractivity contribution in [2.24, 2.45) is 5.41 Å². The molecule has 0 N–H and O–H groups in total. The average Bonchev–Trinajstić information content (AvgIpc) is 3.03. The van der Waals surface area contributed by atoms with E-state index in [4.69, 9.17) is 9.47 Å². The normalized spacial score (nSPS) is 16.3. The third kappa shape index (κ3) is 2.46. The quantitative estimate of drug-likeness (QED) is 0.376. The Morgan fingerprint density at radius 3 is 1.73 bits per heavy atom. The van der Waals surface area contributed by atoms with E-state index in [-0.39, 0.29) is 13.2 Å². The minimum absolute atomic E-state index is 0.120. The lowest BCUT2D eigenvalue weighted by atomic mass is 10.1. The summed E-state index contributed by atoms with van der Waals surface area (Å²) < 4.78 is 9.67. The third-order valence-corrected chi connectivity index (χ3v) is 2.20. The van der Waals surface area contributed by atoms with Crippen molar-refractivity contribution >= 4 is 11.9 Å². The maximum Gasteiger partial charge on any atom is 0.323 e. The fourth-order valence-corrected chi connectivity index (χ4v) is 1.16. The Bertz CT molecular complexity index is 263. The van der Waals surface area contributed by atoms with Crippen molar-refractivity contribution in [3.63, 3.8) is 0 Å². The van der Waals surface area contributed by atoms with E-state index in [1.165, 1.54) is 12.2 Å². The SMILES string of the molecule is C=CCOC(=O)C1(C(=O)OCC=C)CC1. The molecule has 0 amide bonds. The molecular formula is C11H14O4. The minimum Gasteiger partial charge on any atom is -0.461 e. The molecule has 0 aliphatic heterocycles. The number of rotatable bonds is 6. The van der Waals surface area contributed by atoms with E-state index in [9.17, 15) is 9.59 Å². The molecule has 4 nitrogen and oxygen atoms in total. The molecular weight excluding hydrogens is 196 g/mol. The standard InChI is InChI=1S/C11H14O4/c1-3-7-14-9(12)11(5-6-11)10(13)15-8-4-2/h3-4H,1-2,5-8H2. The van der Waals surface area contributed by atoms with Gasteiger partial charge in [-0.3, -0.25) is 9.59 Å². The Kier molecular flexibility index (Phi) is 3.66.